The maximum absolute atomic E-state index is 13.5. The van der Waals surface area contributed by atoms with Crippen molar-refractivity contribution >= 4 is 28.8 Å². The van der Waals surface area contributed by atoms with E-state index in [9.17, 15) is 9.59 Å². The number of carbonyl (C=O) groups is 2. The standard InChI is InChI=1S/C34H46N4O4/c1-32(2,3)37-19-17-36(18-20-37)23-24-15-16-26-27(21-24)28(25-13-11-10-12-14-25)22-35-29(26)38(30(39)41-33(4,5)6)31(40)42-34(7,8)9/h10-16,21-22H,17-20,23H2,1-9H3. The van der Waals surface area contributed by atoms with Crippen LogP contribution in [0.4, 0.5) is 15.4 Å². The fourth-order valence-electron chi connectivity index (χ4n) is 5.10. The highest BCUT2D eigenvalue weighted by atomic mass is 16.6. The van der Waals surface area contributed by atoms with Gasteiger partial charge in [-0.1, -0.05) is 42.5 Å². The van der Waals surface area contributed by atoms with Crippen molar-refractivity contribution in [1.29, 1.82) is 0 Å². The third kappa shape index (κ3) is 7.86. The van der Waals surface area contributed by atoms with Gasteiger partial charge in [0.05, 0.1) is 0 Å². The molecule has 0 N–H and O–H groups in total. The summed E-state index contributed by atoms with van der Waals surface area (Å²) in [5.41, 5.74) is 1.60. The molecule has 1 aliphatic rings. The number of hydrogen-bond donors (Lipinski definition) is 0. The van der Waals surface area contributed by atoms with Crippen molar-refractivity contribution in [3.63, 3.8) is 0 Å². The van der Waals surface area contributed by atoms with E-state index in [4.69, 9.17) is 9.47 Å². The van der Waals surface area contributed by atoms with Crippen LogP contribution >= 0.6 is 0 Å². The Balaban J connectivity index is 1.78. The van der Waals surface area contributed by atoms with E-state index in [-0.39, 0.29) is 11.4 Å². The van der Waals surface area contributed by atoms with Crippen LogP contribution in [0.3, 0.4) is 0 Å². The van der Waals surface area contributed by atoms with Gasteiger partial charge in [-0.3, -0.25) is 9.80 Å². The van der Waals surface area contributed by atoms with Crippen molar-refractivity contribution in [3.05, 3.63) is 60.3 Å². The molecule has 1 fully saturated rings. The molecule has 42 heavy (non-hydrogen) atoms. The minimum absolute atomic E-state index is 0.164. The molecule has 226 valence electrons. The zero-order valence-corrected chi connectivity index (χ0v) is 26.7. The highest BCUT2D eigenvalue weighted by Gasteiger charge is 2.35. The average Bonchev–Trinajstić information content (AvgIpc) is 2.87. The summed E-state index contributed by atoms with van der Waals surface area (Å²) in [5, 5.41) is 1.56. The number of nitrogens with zero attached hydrogens (tertiary/aromatic N) is 4. The molecule has 8 nitrogen and oxygen atoms in total. The van der Waals surface area contributed by atoms with E-state index in [0.717, 1.165) is 59.7 Å². The highest BCUT2D eigenvalue weighted by Crippen LogP contribution is 2.35. The van der Waals surface area contributed by atoms with Crippen molar-refractivity contribution in [1.82, 2.24) is 14.8 Å². The Morgan fingerprint density at radius 1 is 0.786 bits per heavy atom. The third-order valence-electron chi connectivity index (χ3n) is 7.11. The summed E-state index contributed by atoms with van der Waals surface area (Å²) in [7, 11) is 0. The fraction of sp³-hybridized carbons (Fsp3) is 0.500. The van der Waals surface area contributed by atoms with Crippen molar-refractivity contribution < 1.29 is 19.1 Å². The molecule has 8 heteroatoms. The van der Waals surface area contributed by atoms with Crippen LogP contribution in [0.1, 0.15) is 67.9 Å². The van der Waals surface area contributed by atoms with Crippen LogP contribution in [0.15, 0.2) is 54.7 Å². The Hall–Kier alpha value is -3.49. The molecule has 0 bridgehead atoms. The Bertz CT molecular complexity index is 1380. The summed E-state index contributed by atoms with van der Waals surface area (Å²) in [6.07, 6.45) is 0.0540. The molecule has 0 radical (unpaired) electrons. The van der Waals surface area contributed by atoms with Gasteiger partial charge in [0.2, 0.25) is 0 Å². The van der Waals surface area contributed by atoms with Crippen molar-refractivity contribution in [2.45, 2.75) is 85.6 Å². The molecule has 4 rings (SSSR count). The van der Waals surface area contributed by atoms with Gasteiger partial charge in [0.15, 0.2) is 5.82 Å². The van der Waals surface area contributed by atoms with E-state index in [1.165, 1.54) is 0 Å². The van der Waals surface area contributed by atoms with E-state index >= 15 is 0 Å². The topological polar surface area (TPSA) is 75.2 Å². The van der Waals surface area contributed by atoms with E-state index < -0.39 is 23.4 Å². The number of ether oxygens (including phenoxy) is 2. The lowest BCUT2D eigenvalue weighted by Crippen LogP contribution is -2.53. The van der Waals surface area contributed by atoms with Gasteiger partial charge in [-0.2, -0.15) is 4.90 Å². The molecule has 3 aromatic rings. The molecule has 2 aromatic carbocycles. The lowest BCUT2D eigenvalue weighted by Gasteiger charge is -2.42. The Morgan fingerprint density at radius 2 is 1.36 bits per heavy atom. The molecule has 0 atom stereocenters. The predicted molar refractivity (Wildman–Crippen MR) is 169 cm³/mol. The van der Waals surface area contributed by atoms with Gasteiger partial charge in [0, 0.05) is 55.4 Å². The van der Waals surface area contributed by atoms with Crippen LogP contribution in [-0.2, 0) is 16.0 Å². The summed E-state index contributed by atoms with van der Waals surface area (Å²) in [4.78, 5) is 37.5. The minimum Gasteiger partial charge on any atom is -0.443 e. The summed E-state index contributed by atoms with van der Waals surface area (Å²) in [6, 6.07) is 16.2. The van der Waals surface area contributed by atoms with Crippen LogP contribution in [-0.4, -0.2) is 69.9 Å². The van der Waals surface area contributed by atoms with E-state index in [1.54, 1.807) is 47.7 Å². The second-order valence-corrected chi connectivity index (χ2v) is 14.0. The monoisotopic (exact) mass is 574 g/mol. The molecule has 0 aliphatic carbocycles. The number of amides is 2. The normalized spacial score (nSPS) is 15.5. The number of benzene rings is 2. The third-order valence-corrected chi connectivity index (χ3v) is 7.11. The first-order valence-electron chi connectivity index (χ1n) is 14.7. The number of imide groups is 1. The van der Waals surface area contributed by atoms with Crippen molar-refractivity contribution in [2.75, 3.05) is 31.1 Å². The number of hydrogen-bond acceptors (Lipinski definition) is 7. The van der Waals surface area contributed by atoms with E-state index in [0.29, 0.717) is 5.39 Å². The van der Waals surface area contributed by atoms with Crippen LogP contribution in [0, 0.1) is 0 Å². The van der Waals surface area contributed by atoms with Crippen LogP contribution < -0.4 is 4.90 Å². The lowest BCUT2D eigenvalue weighted by molar-refractivity contribution is 0.0429. The van der Waals surface area contributed by atoms with Gasteiger partial charge < -0.3 is 9.47 Å². The maximum atomic E-state index is 13.5. The summed E-state index contributed by atoms with van der Waals surface area (Å²) in [6.45, 7) is 22.2. The van der Waals surface area contributed by atoms with Crippen LogP contribution in [0.2, 0.25) is 0 Å². The molecule has 0 saturated carbocycles. The number of piperazine rings is 1. The molecule has 1 saturated heterocycles. The zero-order chi connectivity index (χ0) is 30.9. The molecule has 2 amide bonds. The smallest absolute Gasteiger partial charge is 0.425 e. The SMILES string of the molecule is CC(C)(C)OC(=O)N(C(=O)OC(C)(C)C)c1ncc(-c2ccccc2)c2cc(CN3CCN(C(C)(C)C)CC3)ccc12. The first kappa shape index (κ1) is 31.4. The Labute approximate surface area is 250 Å². The Morgan fingerprint density at radius 3 is 1.88 bits per heavy atom. The first-order valence-corrected chi connectivity index (χ1v) is 14.7. The minimum atomic E-state index is -0.834. The van der Waals surface area contributed by atoms with Gasteiger partial charge >= 0.3 is 12.2 Å². The number of anilines is 1. The summed E-state index contributed by atoms with van der Waals surface area (Å²) >= 11 is 0. The predicted octanol–water partition coefficient (Wildman–Crippen LogP) is 7.49. The summed E-state index contributed by atoms with van der Waals surface area (Å²) < 4.78 is 11.3. The quantitative estimate of drug-likeness (QED) is 0.319. The molecular weight excluding hydrogens is 528 g/mol. The number of pyridine rings is 1. The fourth-order valence-corrected chi connectivity index (χ4v) is 5.10. The van der Waals surface area contributed by atoms with Crippen molar-refractivity contribution in [2.24, 2.45) is 0 Å². The molecular formula is C34H46N4O4. The molecule has 0 unspecified atom stereocenters. The van der Waals surface area contributed by atoms with Gasteiger partial charge in [-0.05, 0) is 84.9 Å². The van der Waals surface area contributed by atoms with Gasteiger partial charge in [-0.15, -0.1) is 0 Å². The first-order chi connectivity index (χ1) is 19.5. The number of aromatic nitrogens is 1. The summed E-state index contributed by atoms with van der Waals surface area (Å²) in [5.74, 6) is 0.179. The van der Waals surface area contributed by atoms with Gasteiger partial charge in [0.25, 0.3) is 0 Å². The lowest BCUT2D eigenvalue weighted by atomic mass is 9.98. The zero-order valence-electron chi connectivity index (χ0n) is 26.7. The maximum Gasteiger partial charge on any atom is 0.425 e. The molecule has 1 aliphatic heterocycles. The highest BCUT2D eigenvalue weighted by molar-refractivity contribution is 6.15. The van der Waals surface area contributed by atoms with Gasteiger partial charge in [-0.25, -0.2) is 14.6 Å². The second kappa shape index (κ2) is 12.0. The second-order valence-electron chi connectivity index (χ2n) is 14.0. The van der Waals surface area contributed by atoms with Crippen LogP contribution in [0.5, 0.6) is 0 Å². The van der Waals surface area contributed by atoms with Crippen LogP contribution in [0.25, 0.3) is 21.9 Å². The molecule has 1 aromatic heterocycles. The number of fused-ring (bicyclic) bond motifs is 1. The largest absolute Gasteiger partial charge is 0.443 e. The van der Waals surface area contributed by atoms with Gasteiger partial charge in [0.1, 0.15) is 11.2 Å². The average molecular weight is 575 g/mol. The Kier molecular flexibility index (Phi) is 9.00. The molecule has 0 spiro atoms. The molecule has 2 heterocycles. The number of carbonyl (C=O) groups excluding carboxylic acids is 2. The van der Waals surface area contributed by atoms with Crippen molar-refractivity contribution in [3.8, 4) is 11.1 Å². The van der Waals surface area contributed by atoms with E-state index in [2.05, 4.69) is 47.7 Å². The number of rotatable bonds is 4. The van der Waals surface area contributed by atoms with E-state index in [1.807, 2.05) is 36.4 Å².